The van der Waals surface area contributed by atoms with Crippen LogP contribution in [0.3, 0.4) is 0 Å². The maximum atomic E-state index is 13.1. The summed E-state index contributed by atoms with van der Waals surface area (Å²) in [6, 6.07) is 0.893. The molecule has 0 amide bonds. The first-order valence-electron chi connectivity index (χ1n) is 6.84. The van der Waals surface area contributed by atoms with E-state index < -0.39 is 29.5 Å². The van der Waals surface area contributed by atoms with Gasteiger partial charge in [-0.2, -0.15) is 26.3 Å². The highest BCUT2D eigenvalue weighted by atomic mass is 35.5. The molecule has 1 fully saturated rings. The second kappa shape index (κ2) is 8.60. The van der Waals surface area contributed by atoms with Crippen molar-refractivity contribution >= 4 is 24.8 Å². The van der Waals surface area contributed by atoms with Crippen LogP contribution in [0.4, 0.5) is 26.3 Å². The monoisotopic (exact) mass is 398 g/mol. The Kier molecular flexibility index (Phi) is 8.35. The fourth-order valence-electron chi connectivity index (χ4n) is 2.61. The van der Waals surface area contributed by atoms with Crippen LogP contribution in [0.1, 0.15) is 29.7 Å². The first kappa shape index (κ1) is 23.3. The van der Waals surface area contributed by atoms with E-state index in [9.17, 15) is 26.3 Å². The van der Waals surface area contributed by atoms with Crippen LogP contribution in [0.5, 0.6) is 0 Å². The highest BCUT2D eigenvalue weighted by Crippen LogP contribution is 2.39. The molecule has 2 nitrogen and oxygen atoms in total. The molecule has 140 valence electrons. The summed E-state index contributed by atoms with van der Waals surface area (Å²) in [4.78, 5) is 1.75. The summed E-state index contributed by atoms with van der Waals surface area (Å²) in [5.74, 6) is 0. The summed E-state index contributed by atoms with van der Waals surface area (Å²) >= 11 is 0. The van der Waals surface area contributed by atoms with Gasteiger partial charge >= 0.3 is 12.4 Å². The predicted molar refractivity (Wildman–Crippen MR) is 83.8 cm³/mol. The van der Waals surface area contributed by atoms with Gasteiger partial charge in [0.15, 0.2) is 0 Å². The number of alkyl halides is 6. The molecule has 0 unspecified atom stereocenters. The Balaban J connectivity index is 0.00000264. The molecule has 2 rings (SSSR count). The van der Waals surface area contributed by atoms with Crippen LogP contribution < -0.4 is 5.32 Å². The Bertz CT molecular complexity index is 527. The van der Waals surface area contributed by atoms with Crippen LogP contribution in [0.2, 0.25) is 0 Å². The summed E-state index contributed by atoms with van der Waals surface area (Å²) in [6.07, 6.45) is -9.34. The van der Waals surface area contributed by atoms with Crippen LogP contribution in [-0.2, 0) is 12.4 Å². The number of hydrogen-bond donors (Lipinski definition) is 1. The minimum Gasteiger partial charge on any atom is -0.314 e. The van der Waals surface area contributed by atoms with Gasteiger partial charge < -0.3 is 5.32 Å². The molecule has 1 aromatic carbocycles. The second-order valence-electron chi connectivity index (χ2n) is 5.26. The van der Waals surface area contributed by atoms with Crippen LogP contribution in [0.25, 0.3) is 0 Å². The lowest BCUT2D eigenvalue weighted by Crippen LogP contribution is -2.44. The lowest BCUT2D eigenvalue weighted by molar-refractivity contribution is -0.142. The van der Waals surface area contributed by atoms with Crippen molar-refractivity contribution in [3.8, 4) is 0 Å². The van der Waals surface area contributed by atoms with Crippen LogP contribution in [0.15, 0.2) is 18.2 Å². The first-order chi connectivity index (χ1) is 10.1. The largest absolute Gasteiger partial charge is 0.416 e. The van der Waals surface area contributed by atoms with E-state index >= 15 is 0 Å². The summed E-state index contributed by atoms with van der Waals surface area (Å²) < 4.78 is 77.7. The van der Waals surface area contributed by atoms with E-state index in [4.69, 9.17) is 0 Å². The van der Waals surface area contributed by atoms with Crippen molar-refractivity contribution < 1.29 is 26.3 Å². The zero-order valence-electron chi connectivity index (χ0n) is 12.7. The molecule has 1 heterocycles. The van der Waals surface area contributed by atoms with E-state index in [1.165, 1.54) is 6.92 Å². The van der Waals surface area contributed by atoms with Gasteiger partial charge in [0, 0.05) is 32.2 Å². The molecule has 10 heteroatoms. The maximum absolute atomic E-state index is 13.1. The molecular formula is C14H18Cl2F6N2. The van der Waals surface area contributed by atoms with Crippen molar-refractivity contribution in [2.24, 2.45) is 0 Å². The fraction of sp³-hybridized carbons (Fsp3) is 0.571. The van der Waals surface area contributed by atoms with Crippen LogP contribution in [0, 0.1) is 0 Å². The van der Waals surface area contributed by atoms with E-state index in [2.05, 4.69) is 5.32 Å². The van der Waals surface area contributed by atoms with Gasteiger partial charge in [-0.05, 0) is 30.7 Å². The van der Waals surface area contributed by atoms with Crippen molar-refractivity contribution in [3.05, 3.63) is 34.9 Å². The molecule has 0 saturated carbocycles. The van der Waals surface area contributed by atoms with Crippen LogP contribution >= 0.6 is 24.8 Å². The molecule has 0 radical (unpaired) electrons. The first-order valence-corrected chi connectivity index (χ1v) is 6.84. The summed E-state index contributed by atoms with van der Waals surface area (Å²) in [6.45, 7) is 3.70. The number of nitrogens with zero attached hydrogens (tertiary/aromatic N) is 1. The lowest BCUT2D eigenvalue weighted by atomic mass is 9.96. The number of halogens is 8. The highest BCUT2D eigenvalue weighted by molar-refractivity contribution is 5.85. The molecule has 1 atom stereocenters. The standard InChI is InChI=1S/C14H16F6N2.2ClH/c1-9(22-6-4-21-5-7-22)11-8-10(13(15,16)17)2-3-12(11)14(18,19)20;;/h2-3,8-9,21H,4-7H2,1H3;2*1H/t9-;;/m0../s1. The molecule has 0 spiro atoms. The molecule has 1 aliphatic heterocycles. The van der Waals surface area contributed by atoms with Crippen molar-refractivity contribution in [1.29, 1.82) is 0 Å². The van der Waals surface area contributed by atoms with Crippen molar-refractivity contribution in [2.75, 3.05) is 26.2 Å². The van der Waals surface area contributed by atoms with E-state index in [-0.39, 0.29) is 30.4 Å². The number of nitrogens with one attached hydrogen (secondary N) is 1. The van der Waals surface area contributed by atoms with Gasteiger partial charge in [0.2, 0.25) is 0 Å². The molecule has 24 heavy (non-hydrogen) atoms. The maximum Gasteiger partial charge on any atom is 0.416 e. The predicted octanol–water partition coefficient (Wildman–Crippen LogP) is 4.53. The van der Waals surface area contributed by atoms with Crippen molar-refractivity contribution in [2.45, 2.75) is 25.3 Å². The molecule has 1 saturated heterocycles. The summed E-state index contributed by atoms with van der Waals surface area (Å²) in [5.41, 5.74) is -2.40. The van der Waals surface area contributed by atoms with Gasteiger partial charge in [-0.15, -0.1) is 24.8 Å². The molecule has 1 aromatic rings. The molecule has 1 N–H and O–H groups in total. The van der Waals surface area contributed by atoms with Gasteiger partial charge in [-0.3, -0.25) is 4.90 Å². The zero-order valence-corrected chi connectivity index (χ0v) is 14.3. The Morgan fingerprint density at radius 1 is 0.958 bits per heavy atom. The number of piperazine rings is 1. The van der Waals surface area contributed by atoms with Crippen molar-refractivity contribution in [3.63, 3.8) is 0 Å². The van der Waals surface area contributed by atoms with Gasteiger partial charge in [0.05, 0.1) is 11.1 Å². The molecule has 0 aliphatic carbocycles. The van der Waals surface area contributed by atoms with E-state index in [1.54, 1.807) is 4.90 Å². The number of hydrogen-bond acceptors (Lipinski definition) is 2. The summed E-state index contributed by atoms with van der Waals surface area (Å²) in [5, 5.41) is 3.06. The Labute approximate surface area is 148 Å². The smallest absolute Gasteiger partial charge is 0.314 e. The Hall–Kier alpha value is -0.700. The topological polar surface area (TPSA) is 15.3 Å². The van der Waals surface area contributed by atoms with Gasteiger partial charge in [-0.25, -0.2) is 0 Å². The number of benzene rings is 1. The molecule has 0 aromatic heterocycles. The lowest BCUT2D eigenvalue weighted by Gasteiger charge is -2.34. The number of rotatable bonds is 2. The highest BCUT2D eigenvalue weighted by Gasteiger charge is 2.38. The van der Waals surface area contributed by atoms with Gasteiger partial charge in [0.1, 0.15) is 0 Å². The summed E-state index contributed by atoms with van der Waals surface area (Å²) in [7, 11) is 0. The third-order valence-corrected chi connectivity index (χ3v) is 3.83. The average Bonchev–Trinajstić information content (AvgIpc) is 2.45. The third kappa shape index (κ3) is 5.40. The van der Waals surface area contributed by atoms with E-state index in [1.807, 2.05) is 0 Å². The Morgan fingerprint density at radius 2 is 1.50 bits per heavy atom. The fourth-order valence-corrected chi connectivity index (χ4v) is 2.61. The molecule has 1 aliphatic rings. The normalized spacial score (nSPS) is 17.6. The quantitative estimate of drug-likeness (QED) is 0.736. The van der Waals surface area contributed by atoms with Gasteiger partial charge in [-0.1, -0.05) is 0 Å². The minimum absolute atomic E-state index is 0. The average molecular weight is 399 g/mol. The SMILES string of the molecule is C[C@@H](c1cc(C(F)(F)F)ccc1C(F)(F)F)N1CCNCC1.Cl.Cl. The van der Waals surface area contributed by atoms with E-state index in [0.29, 0.717) is 44.4 Å². The van der Waals surface area contributed by atoms with E-state index in [0.717, 1.165) is 0 Å². The third-order valence-electron chi connectivity index (χ3n) is 3.83. The Morgan fingerprint density at radius 3 is 1.96 bits per heavy atom. The van der Waals surface area contributed by atoms with Gasteiger partial charge in [0.25, 0.3) is 0 Å². The minimum atomic E-state index is -4.68. The molecule has 0 bridgehead atoms. The van der Waals surface area contributed by atoms with Crippen molar-refractivity contribution in [1.82, 2.24) is 10.2 Å². The zero-order chi connectivity index (χ0) is 16.5. The second-order valence-corrected chi connectivity index (χ2v) is 5.26. The van der Waals surface area contributed by atoms with Crippen LogP contribution in [-0.4, -0.2) is 31.1 Å². The molecular weight excluding hydrogens is 381 g/mol.